The van der Waals surface area contributed by atoms with Crippen molar-refractivity contribution in [2.75, 3.05) is 42.8 Å². The van der Waals surface area contributed by atoms with Gasteiger partial charge >= 0.3 is 0 Å². The molecule has 0 spiro atoms. The van der Waals surface area contributed by atoms with Crippen LogP contribution in [-0.4, -0.2) is 51.9 Å². The number of rotatable bonds is 4. The van der Waals surface area contributed by atoms with Crippen molar-refractivity contribution in [1.82, 2.24) is 4.98 Å². The molecule has 1 N–H and O–H groups in total. The normalized spacial score (nSPS) is 14.9. The second-order valence-electron chi connectivity index (χ2n) is 6.98. The Hall–Kier alpha value is -2.49. The third-order valence-corrected chi connectivity index (χ3v) is 7.08. The van der Waals surface area contributed by atoms with Gasteiger partial charge in [-0.1, -0.05) is 17.4 Å². The second kappa shape index (κ2) is 7.74. The number of nitrogens with zero attached hydrogens (tertiary/aromatic N) is 2. The van der Waals surface area contributed by atoms with Crippen molar-refractivity contribution in [1.29, 1.82) is 0 Å². The monoisotopic (exact) mass is 431 g/mol. The zero-order valence-corrected chi connectivity index (χ0v) is 17.8. The van der Waals surface area contributed by atoms with Gasteiger partial charge < -0.3 is 15.0 Å². The summed E-state index contributed by atoms with van der Waals surface area (Å²) in [5.74, 6) is -0.354. The predicted octanol–water partition coefficient (Wildman–Crippen LogP) is 3.10. The molecule has 0 bridgehead atoms. The van der Waals surface area contributed by atoms with Crippen LogP contribution in [0.25, 0.3) is 10.2 Å². The Morgan fingerprint density at radius 2 is 1.93 bits per heavy atom. The minimum Gasteiger partial charge on any atom is -0.378 e. The molecule has 7 nitrogen and oxygen atoms in total. The fourth-order valence-corrected chi connectivity index (χ4v) is 5.27. The topological polar surface area (TPSA) is 88.6 Å². The first kappa shape index (κ1) is 19.8. The van der Waals surface area contributed by atoms with E-state index in [1.54, 1.807) is 36.5 Å². The van der Waals surface area contributed by atoms with Gasteiger partial charge in [0.25, 0.3) is 5.91 Å². The number of thiazole rings is 1. The lowest BCUT2D eigenvalue weighted by atomic mass is 10.1. The summed E-state index contributed by atoms with van der Waals surface area (Å²) in [5, 5.41) is 3.80. The number of sulfone groups is 1. The molecule has 1 aromatic heterocycles. The van der Waals surface area contributed by atoms with Crippen molar-refractivity contribution in [2.45, 2.75) is 11.8 Å². The van der Waals surface area contributed by atoms with Crippen LogP contribution in [0.2, 0.25) is 0 Å². The molecule has 0 radical (unpaired) electrons. The van der Waals surface area contributed by atoms with E-state index in [1.807, 2.05) is 12.1 Å². The maximum Gasteiger partial charge on any atom is 0.255 e. The first-order valence-electron chi connectivity index (χ1n) is 9.16. The van der Waals surface area contributed by atoms with Gasteiger partial charge in [0.1, 0.15) is 0 Å². The smallest absolute Gasteiger partial charge is 0.255 e. The minimum absolute atomic E-state index is 0.165. The quantitative estimate of drug-likeness (QED) is 0.683. The maximum absolute atomic E-state index is 12.7. The fourth-order valence-electron chi connectivity index (χ4n) is 3.22. The maximum atomic E-state index is 12.7. The van der Waals surface area contributed by atoms with E-state index in [2.05, 4.69) is 15.2 Å². The predicted molar refractivity (Wildman–Crippen MR) is 115 cm³/mol. The molecule has 1 aliphatic rings. The van der Waals surface area contributed by atoms with Crippen molar-refractivity contribution in [3.8, 4) is 0 Å². The van der Waals surface area contributed by atoms with Crippen molar-refractivity contribution in [3.63, 3.8) is 0 Å². The SMILES string of the molecule is Cc1ccc(C(=O)Nc2ccc3nc(N4CCOCC4)sc3c2)cc1S(C)(=O)=O. The summed E-state index contributed by atoms with van der Waals surface area (Å²) < 4.78 is 30.2. The zero-order valence-electron chi connectivity index (χ0n) is 16.1. The van der Waals surface area contributed by atoms with E-state index in [0.717, 1.165) is 34.7 Å². The molecule has 1 aliphatic heterocycles. The third kappa shape index (κ3) is 4.26. The molecular weight excluding hydrogens is 410 g/mol. The Balaban J connectivity index is 1.57. The van der Waals surface area contributed by atoms with E-state index < -0.39 is 9.84 Å². The van der Waals surface area contributed by atoms with E-state index in [9.17, 15) is 13.2 Å². The number of aryl methyl sites for hydroxylation is 1. The van der Waals surface area contributed by atoms with Crippen molar-refractivity contribution in [2.24, 2.45) is 0 Å². The number of hydrogen-bond acceptors (Lipinski definition) is 7. The van der Waals surface area contributed by atoms with Crippen molar-refractivity contribution in [3.05, 3.63) is 47.5 Å². The number of ether oxygens (including phenoxy) is 1. The van der Waals surface area contributed by atoms with Crippen LogP contribution in [-0.2, 0) is 14.6 Å². The van der Waals surface area contributed by atoms with E-state index in [-0.39, 0.29) is 10.8 Å². The van der Waals surface area contributed by atoms with Gasteiger partial charge in [0.2, 0.25) is 0 Å². The lowest BCUT2D eigenvalue weighted by Gasteiger charge is -2.25. The second-order valence-corrected chi connectivity index (χ2v) is 9.98. The van der Waals surface area contributed by atoms with Crippen LogP contribution in [0.15, 0.2) is 41.3 Å². The molecule has 0 unspecified atom stereocenters. The summed E-state index contributed by atoms with van der Waals surface area (Å²) in [5.41, 5.74) is 2.44. The molecule has 0 atom stereocenters. The number of nitrogens with one attached hydrogen (secondary N) is 1. The summed E-state index contributed by atoms with van der Waals surface area (Å²) in [4.78, 5) is 19.7. The van der Waals surface area contributed by atoms with Gasteiger partial charge in [-0.2, -0.15) is 0 Å². The Morgan fingerprint density at radius 3 is 2.66 bits per heavy atom. The van der Waals surface area contributed by atoms with Crippen LogP contribution >= 0.6 is 11.3 Å². The van der Waals surface area contributed by atoms with Gasteiger partial charge in [0.05, 0.1) is 28.3 Å². The lowest BCUT2D eigenvalue weighted by molar-refractivity contribution is 0.102. The first-order chi connectivity index (χ1) is 13.8. The van der Waals surface area contributed by atoms with E-state index >= 15 is 0 Å². The third-order valence-electron chi connectivity index (χ3n) is 4.77. The molecule has 2 aromatic carbocycles. The Morgan fingerprint density at radius 1 is 1.17 bits per heavy atom. The average Bonchev–Trinajstić information content (AvgIpc) is 3.11. The number of hydrogen-bond donors (Lipinski definition) is 1. The number of aromatic nitrogens is 1. The number of morpholine rings is 1. The highest BCUT2D eigenvalue weighted by Crippen LogP contribution is 2.31. The van der Waals surface area contributed by atoms with E-state index in [4.69, 9.17) is 4.74 Å². The van der Waals surface area contributed by atoms with Crippen LogP contribution < -0.4 is 10.2 Å². The number of benzene rings is 2. The van der Waals surface area contributed by atoms with Gasteiger partial charge in [0.15, 0.2) is 15.0 Å². The molecule has 1 amide bonds. The van der Waals surface area contributed by atoms with Crippen LogP contribution in [0, 0.1) is 6.92 Å². The van der Waals surface area contributed by atoms with Gasteiger partial charge in [-0.15, -0.1) is 0 Å². The molecule has 0 aliphatic carbocycles. The molecule has 29 heavy (non-hydrogen) atoms. The van der Waals surface area contributed by atoms with Crippen LogP contribution in [0.4, 0.5) is 10.8 Å². The van der Waals surface area contributed by atoms with Crippen LogP contribution in [0.5, 0.6) is 0 Å². The summed E-state index contributed by atoms with van der Waals surface area (Å²) in [7, 11) is -3.40. The zero-order chi connectivity index (χ0) is 20.6. The molecular formula is C20H21N3O4S2. The standard InChI is InChI=1S/C20H21N3O4S2/c1-13-3-4-14(11-18(13)29(2,25)26)19(24)21-15-5-6-16-17(12-15)28-20(22-16)23-7-9-27-10-8-23/h3-6,11-12H,7-10H2,1-2H3,(H,21,24). The number of amides is 1. The molecule has 0 saturated carbocycles. The molecule has 4 rings (SSSR count). The Labute approximate surface area is 173 Å². The summed E-state index contributed by atoms with van der Waals surface area (Å²) in [6.07, 6.45) is 1.14. The number of carbonyl (C=O) groups excluding carboxylic acids is 1. The fraction of sp³-hybridized carbons (Fsp3) is 0.300. The van der Waals surface area contributed by atoms with Gasteiger partial charge in [-0.25, -0.2) is 13.4 Å². The Kier molecular flexibility index (Phi) is 5.28. The summed E-state index contributed by atoms with van der Waals surface area (Å²) >= 11 is 1.58. The van der Waals surface area contributed by atoms with Gasteiger partial charge in [-0.3, -0.25) is 4.79 Å². The molecule has 3 aromatic rings. The highest BCUT2D eigenvalue weighted by atomic mass is 32.2. The van der Waals surface area contributed by atoms with Gasteiger partial charge in [-0.05, 0) is 42.8 Å². The Bertz CT molecular complexity index is 1180. The van der Waals surface area contributed by atoms with E-state index in [1.165, 1.54) is 6.07 Å². The molecule has 1 fully saturated rings. The first-order valence-corrected chi connectivity index (χ1v) is 11.9. The molecule has 1 saturated heterocycles. The average molecular weight is 432 g/mol. The number of fused-ring (bicyclic) bond motifs is 1. The van der Waals surface area contributed by atoms with Crippen LogP contribution in [0.3, 0.4) is 0 Å². The van der Waals surface area contributed by atoms with Crippen molar-refractivity contribution >= 4 is 48.1 Å². The summed E-state index contributed by atoms with van der Waals surface area (Å²) in [6.45, 7) is 4.74. The van der Waals surface area contributed by atoms with E-state index in [0.29, 0.717) is 30.0 Å². The minimum atomic E-state index is -3.40. The largest absolute Gasteiger partial charge is 0.378 e. The van der Waals surface area contributed by atoms with Crippen molar-refractivity contribution < 1.29 is 17.9 Å². The molecule has 152 valence electrons. The highest BCUT2D eigenvalue weighted by Gasteiger charge is 2.17. The van der Waals surface area contributed by atoms with Crippen LogP contribution in [0.1, 0.15) is 15.9 Å². The number of carbonyl (C=O) groups is 1. The highest BCUT2D eigenvalue weighted by molar-refractivity contribution is 7.90. The number of anilines is 2. The lowest BCUT2D eigenvalue weighted by Crippen LogP contribution is -2.36. The molecule has 9 heteroatoms. The van der Waals surface area contributed by atoms with Gasteiger partial charge in [0, 0.05) is 30.6 Å². The summed E-state index contributed by atoms with van der Waals surface area (Å²) in [6, 6.07) is 10.3. The molecule has 2 heterocycles.